The summed E-state index contributed by atoms with van der Waals surface area (Å²) in [6.45, 7) is 11.0. The van der Waals surface area contributed by atoms with Gasteiger partial charge in [0.15, 0.2) is 0 Å². The third-order valence-corrected chi connectivity index (χ3v) is 3.05. The van der Waals surface area contributed by atoms with Gasteiger partial charge in [0, 0.05) is 30.5 Å². The first kappa shape index (κ1) is 13.2. The van der Waals surface area contributed by atoms with E-state index in [0.717, 1.165) is 0 Å². The van der Waals surface area contributed by atoms with Crippen molar-refractivity contribution < 1.29 is 9.59 Å². The molecular formula is C12H22N2O2. The highest BCUT2D eigenvalue weighted by molar-refractivity contribution is 6.04. The molecule has 0 aromatic carbocycles. The van der Waals surface area contributed by atoms with Crippen molar-refractivity contribution in [2.45, 2.75) is 40.2 Å². The molecule has 16 heavy (non-hydrogen) atoms. The Hall–Kier alpha value is -0.900. The monoisotopic (exact) mass is 226 g/mol. The van der Waals surface area contributed by atoms with Gasteiger partial charge in [-0.3, -0.25) is 14.5 Å². The van der Waals surface area contributed by atoms with Crippen molar-refractivity contribution in [3.8, 4) is 0 Å². The van der Waals surface area contributed by atoms with Crippen LogP contribution < -0.4 is 5.32 Å². The first-order valence-electron chi connectivity index (χ1n) is 5.84. The Labute approximate surface area is 97.4 Å². The highest BCUT2D eigenvalue weighted by Crippen LogP contribution is 2.24. The lowest BCUT2D eigenvalue weighted by Crippen LogP contribution is -2.43. The molecular weight excluding hydrogens is 204 g/mol. The van der Waals surface area contributed by atoms with Gasteiger partial charge in [-0.1, -0.05) is 13.8 Å². The fraction of sp³-hybridized carbons (Fsp3) is 0.833. The smallest absolute Gasteiger partial charge is 0.232 e. The molecule has 1 aliphatic heterocycles. The zero-order chi connectivity index (χ0) is 12.5. The summed E-state index contributed by atoms with van der Waals surface area (Å²) in [7, 11) is 0. The SMILES string of the molecule is CC1C(=O)N(CCNC(C)(C)C)C(=O)C1C. The molecule has 1 aliphatic rings. The zero-order valence-corrected chi connectivity index (χ0v) is 10.8. The van der Waals surface area contributed by atoms with Gasteiger partial charge in [-0.05, 0) is 20.8 Å². The summed E-state index contributed by atoms with van der Waals surface area (Å²) < 4.78 is 0. The molecule has 1 fully saturated rings. The molecule has 2 atom stereocenters. The van der Waals surface area contributed by atoms with Crippen LogP contribution in [0.3, 0.4) is 0 Å². The number of likely N-dealkylation sites (tertiary alicyclic amines) is 1. The number of hydrogen-bond acceptors (Lipinski definition) is 3. The summed E-state index contributed by atoms with van der Waals surface area (Å²) in [6, 6.07) is 0. The van der Waals surface area contributed by atoms with E-state index in [0.29, 0.717) is 13.1 Å². The summed E-state index contributed by atoms with van der Waals surface area (Å²) in [5.41, 5.74) is 0.0169. The summed E-state index contributed by atoms with van der Waals surface area (Å²) in [4.78, 5) is 24.9. The van der Waals surface area contributed by atoms with E-state index in [1.165, 1.54) is 4.90 Å². The van der Waals surface area contributed by atoms with Crippen LogP contribution in [-0.4, -0.2) is 35.3 Å². The maximum absolute atomic E-state index is 11.8. The van der Waals surface area contributed by atoms with Gasteiger partial charge in [-0.25, -0.2) is 0 Å². The highest BCUT2D eigenvalue weighted by Gasteiger charge is 2.41. The molecule has 0 bridgehead atoms. The normalized spacial score (nSPS) is 26.7. The Morgan fingerprint density at radius 1 is 1.12 bits per heavy atom. The van der Waals surface area contributed by atoms with Crippen LogP contribution in [0.25, 0.3) is 0 Å². The fourth-order valence-electron chi connectivity index (χ4n) is 1.79. The molecule has 0 aromatic rings. The summed E-state index contributed by atoms with van der Waals surface area (Å²) in [6.07, 6.45) is 0. The molecule has 0 radical (unpaired) electrons. The molecule has 0 saturated carbocycles. The lowest BCUT2D eigenvalue weighted by Gasteiger charge is -2.22. The largest absolute Gasteiger partial charge is 0.310 e. The van der Waals surface area contributed by atoms with Crippen LogP contribution in [0.2, 0.25) is 0 Å². The predicted molar refractivity (Wildman–Crippen MR) is 62.8 cm³/mol. The van der Waals surface area contributed by atoms with E-state index in [4.69, 9.17) is 0 Å². The Balaban J connectivity index is 2.50. The molecule has 0 aliphatic carbocycles. The first-order valence-corrected chi connectivity index (χ1v) is 5.84. The Bertz CT molecular complexity index is 274. The topological polar surface area (TPSA) is 49.4 Å². The van der Waals surface area contributed by atoms with Gasteiger partial charge in [0.2, 0.25) is 11.8 Å². The molecule has 4 nitrogen and oxygen atoms in total. The van der Waals surface area contributed by atoms with Crippen molar-refractivity contribution in [2.75, 3.05) is 13.1 Å². The van der Waals surface area contributed by atoms with Gasteiger partial charge in [0.25, 0.3) is 0 Å². The van der Waals surface area contributed by atoms with Crippen molar-refractivity contribution in [3.05, 3.63) is 0 Å². The highest BCUT2D eigenvalue weighted by atomic mass is 16.2. The minimum absolute atomic E-state index is 0.0169. The van der Waals surface area contributed by atoms with E-state index in [-0.39, 0.29) is 29.2 Å². The van der Waals surface area contributed by atoms with Crippen LogP contribution in [0.1, 0.15) is 34.6 Å². The molecule has 1 heterocycles. The average Bonchev–Trinajstić information content (AvgIpc) is 2.33. The molecule has 92 valence electrons. The second-order valence-corrected chi connectivity index (χ2v) is 5.58. The summed E-state index contributed by atoms with van der Waals surface area (Å²) in [5, 5.41) is 3.27. The Kier molecular flexibility index (Phi) is 3.73. The fourth-order valence-corrected chi connectivity index (χ4v) is 1.79. The maximum atomic E-state index is 11.8. The van der Waals surface area contributed by atoms with Crippen LogP contribution in [0.5, 0.6) is 0 Å². The number of rotatable bonds is 3. The van der Waals surface area contributed by atoms with Gasteiger partial charge in [-0.2, -0.15) is 0 Å². The van der Waals surface area contributed by atoms with Crippen LogP contribution in [0.15, 0.2) is 0 Å². The Morgan fingerprint density at radius 3 is 1.94 bits per heavy atom. The maximum Gasteiger partial charge on any atom is 0.232 e. The number of hydrogen-bond donors (Lipinski definition) is 1. The lowest BCUT2D eigenvalue weighted by molar-refractivity contribution is -0.139. The third-order valence-electron chi connectivity index (χ3n) is 3.05. The van der Waals surface area contributed by atoms with Crippen LogP contribution in [0, 0.1) is 11.8 Å². The minimum atomic E-state index is -0.165. The van der Waals surface area contributed by atoms with Gasteiger partial charge in [0.1, 0.15) is 0 Å². The lowest BCUT2D eigenvalue weighted by atomic mass is 10.00. The van der Waals surface area contributed by atoms with E-state index >= 15 is 0 Å². The van der Waals surface area contributed by atoms with Crippen LogP contribution in [-0.2, 0) is 9.59 Å². The zero-order valence-electron chi connectivity index (χ0n) is 10.8. The predicted octanol–water partition coefficient (Wildman–Crippen LogP) is 1.02. The Morgan fingerprint density at radius 2 is 1.56 bits per heavy atom. The number of nitrogens with one attached hydrogen (secondary N) is 1. The van der Waals surface area contributed by atoms with Crippen molar-refractivity contribution in [1.82, 2.24) is 10.2 Å². The number of amides is 2. The number of nitrogens with zero attached hydrogens (tertiary/aromatic N) is 1. The molecule has 0 aromatic heterocycles. The molecule has 2 unspecified atom stereocenters. The van der Waals surface area contributed by atoms with E-state index in [1.807, 2.05) is 13.8 Å². The van der Waals surface area contributed by atoms with Crippen LogP contribution in [0.4, 0.5) is 0 Å². The number of carbonyl (C=O) groups is 2. The summed E-state index contributed by atoms with van der Waals surface area (Å²) in [5.74, 6) is -0.398. The third kappa shape index (κ3) is 2.82. The molecule has 4 heteroatoms. The van der Waals surface area contributed by atoms with Gasteiger partial charge < -0.3 is 5.32 Å². The minimum Gasteiger partial charge on any atom is -0.310 e. The van der Waals surface area contributed by atoms with Gasteiger partial charge in [0.05, 0.1) is 0 Å². The van der Waals surface area contributed by atoms with Crippen molar-refractivity contribution in [1.29, 1.82) is 0 Å². The molecule has 0 spiro atoms. The second-order valence-electron chi connectivity index (χ2n) is 5.58. The van der Waals surface area contributed by atoms with Gasteiger partial charge >= 0.3 is 0 Å². The van der Waals surface area contributed by atoms with Crippen molar-refractivity contribution in [3.63, 3.8) is 0 Å². The molecule has 2 amide bonds. The van der Waals surface area contributed by atoms with E-state index in [1.54, 1.807) is 0 Å². The standard InChI is InChI=1S/C12H22N2O2/c1-8-9(2)11(16)14(10(8)15)7-6-13-12(3,4)5/h8-9,13H,6-7H2,1-5H3. The molecule has 1 rings (SSSR count). The second kappa shape index (κ2) is 4.53. The van der Waals surface area contributed by atoms with Crippen LogP contribution >= 0.6 is 0 Å². The summed E-state index contributed by atoms with van der Waals surface area (Å²) >= 11 is 0. The first-order chi connectivity index (χ1) is 7.24. The molecule has 1 N–H and O–H groups in total. The quantitative estimate of drug-likeness (QED) is 0.731. The number of carbonyl (C=O) groups excluding carboxylic acids is 2. The van der Waals surface area contributed by atoms with E-state index in [2.05, 4.69) is 26.1 Å². The van der Waals surface area contributed by atoms with Crippen molar-refractivity contribution >= 4 is 11.8 Å². The number of imide groups is 1. The molecule has 1 saturated heterocycles. The van der Waals surface area contributed by atoms with Gasteiger partial charge in [-0.15, -0.1) is 0 Å². The average molecular weight is 226 g/mol. The van der Waals surface area contributed by atoms with E-state index < -0.39 is 0 Å². The van der Waals surface area contributed by atoms with Crippen molar-refractivity contribution in [2.24, 2.45) is 11.8 Å². The van der Waals surface area contributed by atoms with E-state index in [9.17, 15) is 9.59 Å².